The number of ether oxygens (including phenoxy) is 2. The largest absolute Gasteiger partial charge is 0.590 e. The molecule has 4 aromatic rings. The maximum Gasteiger partial charge on any atom is 0.199 e. The third-order valence-electron chi connectivity index (χ3n) is 6.67. The Labute approximate surface area is 213 Å². The van der Waals surface area contributed by atoms with E-state index in [4.69, 9.17) is 9.47 Å². The Morgan fingerprint density at radius 2 is 1.67 bits per heavy atom. The molecule has 186 valence electrons. The Kier molecular flexibility index (Phi) is 7.23. The first-order valence-corrected chi connectivity index (χ1v) is 13.3. The van der Waals surface area contributed by atoms with Gasteiger partial charge >= 0.3 is 0 Å². The Balaban J connectivity index is 1.47. The van der Waals surface area contributed by atoms with E-state index in [1.807, 2.05) is 24.3 Å². The maximum absolute atomic E-state index is 13.7. The van der Waals surface area contributed by atoms with E-state index in [0.29, 0.717) is 44.0 Å². The number of rotatable bonds is 8. The number of fused-ring (bicyclic) bond motifs is 1. The summed E-state index contributed by atoms with van der Waals surface area (Å²) < 4.78 is 25.5. The Hall–Kier alpha value is -3.39. The Morgan fingerprint density at radius 3 is 2.36 bits per heavy atom. The fourth-order valence-corrected chi connectivity index (χ4v) is 6.28. The number of carbonyl (C=O) groups is 1. The molecule has 0 bridgehead atoms. The van der Waals surface area contributed by atoms with Gasteiger partial charge in [0.25, 0.3) is 0 Å². The fourth-order valence-electron chi connectivity index (χ4n) is 4.73. The molecule has 1 aromatic heterocycles. The van der Waals surface area contributed by atoms with Gasteiger partial charge in [-0.2, -0.15) is 0 Å². The molecule has 1 unspecified atom stereocenters. The third-order valence-corrected chi connectivity index (χ3v) is 8.22. The molecule has 1 N–H and O–H groups in total. The van der Waals surface area contributed by atoms with Gasteiger partial charge in [-0.25, -0.2) is 0 Å². The zero-order valence-electron chi connectivity index (χ0n) is 20.2. The molecule has 0 amide bonds. The molecule has 6 nitrogen and oxygen atoms in total. The number of piperidine rings is 1. The molecule has 5 rings (SSSR count). The molecule has 1 fully saturated rings. The number of methoxy groups -OCH3 is 1. The number of ketones is 1. The number of likely N-dealkylation sites (tertiary alicyclic amines) is 1. The van der Waals surface area contributed by atoms with Crippen LogP contribution in [0, 0.1) is 0 Å². The van der Waals surface area contributed by atoms with Crippen molar-refractivity contribution in [2.24, 2.45) is 0 Å². The number of nitrogens with zero attached hydrogens (tertiary/aromatic N) is 1. The van der Waals surface area contributed by atoms with Crippen LogP contribution in [0.5, 0.6) is 17.2 Å². The molecule has 0 aliphatic carbocycles. The third kappa shape index (κ3) is 4.95. The summed E-state index contributed by atoms with van der Waals surface area (Å²) in [5.41, 5.74) is 1.52. The number of phenolic OH excluding ortho intramolecular Hbond substituents is 1. The fraction of sp³-hybridized carbons (Fsp3) is 0.276. The number of hydrogen-bond acceptors (Lipinski definition) is 6. The van der Waals surface area contributed by atoms with Crippen molar-refractivity contribution in [1.82, 2.24) is 4.90 Å². The highest BCUT2D eigenvalue weighted by molar-refractivity contribution is 7.35. The van der Waals surface area contributed by atoms with Crippen LogP contribution in [0.1, 0.15) is 35.2 Å². The van der Waals surface area contributed by atoms with Crippen molar-refractivity contribution in [2.45, 2.75) is 19.3 Å². The van der Waals surface area contributed by atoms with Gasteiger partial charge in [0.05, 0.1) is 18.1 Å². The molecule has 7 heteroatoms. The molecule has 1 aliphatic heterocycles. The summed E-state index contributed by atoms with van der Waals surface area (Å²) in [4.78, 5) is 16.5. The molecule has 3 aromatic carbocycles. The smallest absolute Gasteiger partial charge is 0.199 e. The maximum atomic E-state index is 13.7. The number of benzene rings is 3. The second-order valence-corrected chi connectivity index (χ2v) is 10.4. The quantitative estimate of drug-likeness (QED) is 0.233. The van der Waals surface area contributed by atoms with Gasteiger partial charge in [0, 0.05) is 23.7 Å². The first kappa shape index (κ1) is 24.3. The van der Waals surface area contributed by atoms with E-state index in [0.717, 1.165) is 25.4 Å². The van der Waals surface area contributed by atoms with Crippen LogP contribution in [0.15, 0.2) is 66.7 Å². The summed E-state index contributed by atoms with van der Waals surface area (Å²) in [6.45, 7) is 3.78. The highest BCUT2D eigenvalue weighted by atomic mass is 32.2. The van der Waals surface area contributed by atoms with Gasteiger partial charge in [0.2, 0.25) is 0 Å². The summed E-state index contributed by atoms with van der Waals surface area (Å²) >= 11 is 0. The highest BCUT2D eigenvalue weighted by Crippen LogP contribution is 2.47. The van der Waals surface area contributed by atoms with Crippen LogP contribution < -0.4 is 9.47 Å². The average Bonchev–Trinajstić information content (AvgIpc) is 3.21. The van der Waals surface area contributed by atoms with Crippen LogP contribution in [0.4, 0.5) is 0 Å². The van der Waals surface area contributed by atoms with Crippen LogP contribution in [0.3, 0.4) is 0 Å². The minimum atomic E-state index is -1.56. The van der Waals surface area contributed by atoms with E-state index < -0.39 is 10.8 Å². The lowest BCUT2D eigenvalue weighted by Gasteiger charge is -2.26. The predicted molar refractivity (Wildman–Crippen MR) is 142 cm³/mol. The second kappa shape index (κ2) is 10.7. The summed E-state index contributed by atoms with van der Waals surface area (Å²) in [6, 6.07) is 18.8. The highest BCUT2D eigenvalue weighted by Gasteiger charge is 2.30. The molecule has 36 heavy (non-hydrogen) atoms. The van der Waals surface area contributed by atoms with E-state index in [9.17, 15) is 14.5 Å². The van der Waals surface area contributed by atoms with Crippen LogP contribution in [-0.4, -0.2) is 53.7 Å². The van der Waals surface area contributed by atoms with Gasteiger partial charge in [0.15, 0.2) is 15.4 Å². The minimum absolute atomic E-state index is 0.0803. The van der Waals surface area contributed by atoms with E-state index in [1.54, 1.807) is 37.4 Å². The van der Waals surface area contributed by atoms with Gasteiger partial charge < -0.3 is 19.1 Å². The lowest BCUT2D eigenvalue weighted by molar-refractivity contribution is 0.104. The van der Waals surface area contributed by atoms with Gasteiger partial charge in [-0.05, 0) is 97.3 Å². The first-order chi connectivity index (χ1) is 17.5. The molecule has 1 saturated heterocycles. The first-order valence-electron chi connectivity index (χ1n) is 12.2. The molecule has 1 atom stereocenters. The monoisotopic (exact) mass is 503 g/mol. The van der Waals surface area contributed by atoms with E-state index in [2.05, 4.69) is 4.90 Å². The lowest BCUT2D eigenvalue weighted by Crippen LogP contribution is -2.33. The van der Waals surface area contributed by atoms with Crippen molar-refractivity contribution in [3.63, 3.8) is 0 Å². The van der Waals surface area contributed by atoms with Crippen molar-refractivity contribution in [2.75, 3.05) is 33.4 Å². The standard InChI is InChI=1S/C29H29NO5S/c1-34-24-13-14-25-26(19-24)36(33)29(27(25)28(32)20-5-9-22(31)10-6-20)21-7-11-23(12-8-21)35-18-17-30-15-3-2-4-16-30/h5-14,19,31H,2-4,15-18H2,1H3. The molecule has 2 heterocycles. The zero-order valence-corrected chi connectivity index (χ0v) is 21.1. The van der Waals surface area contributed by atoms with Gasteiger partial charge in [-0.3, -0.25) is 9.69 Å². The molecule has 0 spiro atoms. The zero-order chi connectivity index (χ0) is 25.1. The van der Waals surface area contributed by atoms with E-state index >= 15 is 0 Å². The normalized spacial score (nSPS) is 14.7. The van der Waals surface area contributed by atoms with Crippen molar-refractivity contribution in [3.05, 3.63) is 77.9 Å². The van der Waals surface area contributed by atoms with Crippen LogP contribution in [0.25, 0.3) is 20.5 Å². The number of aromatic hydroxyl groups is 1. The van der Waals surface area contributed by atoms with E-state index in [-0.39, 0.29) is 11.5 Å². The van der Waals surface area contributed by atoms with E-state index in [1.165, 1.54) is 31.4 Å². The second-order valence-electron chi connectivity index (χ2n) is 8.99. The molecule has 0 saturated carbocycles. The lowest BCUT2D eigenvalue weighted by atomic mass is 9.97. The van der Waals surface area contributed by atoms with Crippen LogP contribution in [-0.2, 0) is 0 Å². The number of carbonyl (C=O) groups excluding carboxylic acids is 1. The molecule has 0 radical (unpaired) electrons. The van der Waals surface area contributed by atoms with Crippen LogP contribution in [0.2, 0.25) is 0 Å². The molecule has 1 aliphatic rings. The SMILES string of the molecule is COc1ccc2c(C(=O)c3ccc(O)cc3)c(-c3ccc(OCCN4CCCCC4)cc3)[s+]([O-])c2c1. The van der Waals surface area contributed by atoms with Crippen molar-refractivity contribution in [1.29, 1.82) is 0 Å². The molecular formula is C29H29NO5S. The Morgan fingerprint density at radius 1 is 0.972 bits per heavy atom. The molecular weight excluding hydrogens is 474 g/mol. The number of hydrogen-bond donors (Lipinski definition) is 1. The summed E-state index contributed by atoms with van der Waals surface area (Å²) in [5, 5.41) is 10.3. The predicted octanol–water partition coefficient (Wildman–Crippen LogP) is 6.04. The summed E-state index contributed by atoms with van der Waals surface area (Å²) in [6.07, 6.45) is 3.81. The van der Waals surface area contributed by atoms with Crippen molar-refractivity contribution in [3.8, 4) is 27.7 Å². The van der Waals surface area contributed by atoms with Gasteiger partial charge in [-0.15, -0.1) is 0 Å². The van der Waals surface area contributed by atoms with Crippen LogP contribution >= 0.6 is 10.8 Å². The van der Waals surface area contributed by atoms with Gasteiger partial charge in [-0.1, -0.05) is 6.42 Å². The number of phenols is 1. The van der Waals surface area contributed by atoms with Gasteiger partial charge in [0.1, 0.15) is 23.9 Å². The average molecular weight is 504 g/mol. The topological polar surface area (TPSA) is 82.1 Å². The minimum Gasteiger partial charge on any atom is -0.590 e. The summed E-state index contributed by atoms with van der Waals surface area (Å²) in [7, 11) is -0.00469. The van der Waals surface area contributed by atoms with Crippen molar-refractivity contribution >= 4 is 26.6 Å². The Bertz CT molecular complexity index is 1360. The number of thiophene rings is 1. The summed E-state index contributed by atoms with van der Waals surface area (Å²) in [5.74, 6) is 1.16. The van der Waals surface area contributed by atoms with Crippen molar-refractivity contribution < 1.29 is 23.9 Å².